The molecule has 0 bridgehead atoms. The molecule has 0 saturated heterocycles. The zero-order chi connectivity index (χ0) is 15.6. The number of nitrogens with two attached hydrogens (primary N) is 1. The first-order valence-corrected chi connectivity index (χ1v) is 7.32. The van der Waals surface area contributed by atoms with Gasteiger partial charge in [-0.15, -0.1) is 0 Å². The number of thiocarbonyl (C=S) groups is 1. The van der Waals surface area contributed by atoms with Crippen molar-refractivity contribution in [2.24, 2.45) is 5.73 Å². The van der Waals surface area contributed by atoms with Gasteiger partial charge in [-0.2, -0.15) is 0 Å². The van der Waals surface area contributed by atoms with Gasteiger partial charge in [0.1, 0.15) is 10.8 Å². The van der Waals surface area contributed by atoms with Crippen LogP contribution in [0.4, 0.5) is 10.1 Å². The first kappa shape index (κ1) is 15.9. The van der Waals surface area contributed by atoms with E-state index in [1.165, 1.54) is 18.2 Å². The molecule has 108 valence electrons. The van der Waals surface area contributed by atoms with Crippen molar-refractivity contribution < 1.29 is 9.18 Å². The minimum absolute atomic E-state index is 0.139. The zero-order valence-corrected chi connectivity index (χ0v) is 13.7. The summed E-state index contributed by atoms with van der Waals surface area (Å²) in [5.41, 5.74) is 6.79. The van der Waals surface area contributed by atoms with E-state index in [1.807, 2.05) is 0 Å². The molecule has 2 aromatic rings. The van der Waals surface area contributed by atoms with Crippen LogP contribution in [-0.2, 0) is 0 Å². The highest BCUT2D eigenvalue weighted by Crippen LogP contribution is 2.24. The lowest BCUT2D eigenvalue weighted by Gasteiger charge is -2.11. The van der Waals surface area contributed by atoms with Crippen LogP contribution in [0.3, 0.4) is 0 Å². The Labute approximate surface area is 139 Å². The van der Waals surface area contributed by atoms with Gasteiger partial charge in [0, 0.05) is 15.1 Å². The lowest BCUT2D eigenvalue weighted by molar-refractivity contribution is 0.102. The maximum Gasteiger partial charge on any atom is 0.256 e. The van der Waals surface area contributed by atoms with Gasteiger partial charge in [0.2, 0.25) is 0 Å². The molecule has 21 heavy (non-hydrogen) atoms. The van der Waals surface area contributed by atoms with Gasteiger partial charge in [0.15, 0.2) is 0 Å². The van der Waals surface area contributed by atoms with Crippen molar-refractivity contribution in [1.29, 1.82) is 0 Å². The van der Waals surface area contributed by atoms with Gasteiger partial charge in [-0.05, 0) is 52.3 Å². The highest BCUT2D eigenvalue weighted by molar-refractivity contribution is 9.10. The molecule has 0 aliphatic heterocycles. The Bertz CT molecular complexity index is 739. The van der Waals surface area contributed by atoms with Crippen molar-refractivity contribution >= 4 is 56.3 Å². The second-order valence-electron chi connectivity index (χ2n) is 4.13. The van der Waals surface area contributed by atoms with Crippen molar-refractivity contribution in [3.8, 4) is 0 Å². The summed E-state index contributed by atoms with van der Waals surface area (Å²) in [6, 6.07) is 8.58. The molecule has 2 rings (SSSR count). The van der Waals surface area contributed by atoms with Gasteiger partial charge in [-0.3, -0.25) is 4.79 Å². The van der Waals surface area contributed by atoms with Crippen LogP contribution in [0, 0.1) is 5.82 Å². The van der Waals surface area contributed by atoms with Crippen LogP contribution in [0.1, 0.15) is 15.9 Å². The van der Waals surface area contributed by atoms with E-state index < -0.39 is 11.7 Å². The van der Waals surface area contributed by atoms with Crippen molar-refractivity contribution in [3.63, 3.8) is 0 Å². The van der Waals surface area contributed by atoms with E-state index in [4.69, 9.17) is 29.6 Å². The second kappa shape index (κ2) is 6.51. The van der Waals surface area contributed by atoms with Gasteiger partial charge in [0.05, 0.1) is 11.3 Å². The molecule has 0 heterocycles. The first-order chi connectivity index (χ1) is 9.88. The first-order valence-electron chi connectivity index (χ1n) is 5.74. The minimum atomic E-state index is -0.440. The third kappa shape index (κ3) is 3.78. The van der Waals surface area contributed by atoms with Crippen molar-refractivity contribution in [2.75, 3.05) is 5.32 Å². The molecule has 0 aliphatic carbocycles. The monoisotopic (exact) mass is 386 g/mol. The number of amides is 1. The fourth-order valence-electron chi connectivity index (χ4n) is 1.70. The molecule has 0 aromatic heterocycles. The molecular formula is C14H9BrClFN2OS. The Kier molecular flexibility index (Phi) is 4.92. The Hall–Kier alpha value is -1.50. The molecule has 0 atom stereocenters. The van der Waals surface area contributed by atoms with Gasteiger partial charge in [-0.25, -0.2) is 4.39 Å². The summed E-state index contributed by atoms with van der Waals surface area (Å²) in [6.07, 6.45) is 0. The normalized spacial score (nSPS) is 10.2. The summed E-state index contributed by atoms with van der Waals surface area (Å²) in [5.74, 6) is -0.869. The maximum absolute atomic E-state index is 13.0. The number of anilines is 1. The fraction of sp³-hybridized carbons (Fsp3) is 0. The average Bonchev–Trinajstić information content (AvgIpc) is 2.37. The molecular weight excluding hydrogens is 379 g/mol. The maximum atomic E-state index is 13.0. The third-order valence-corrected chi connectivity index (χ3v) is 3.78. The lowest BCUT2D eigenvalue weighted by Crippen LogP contribution is -2.18. The number of nitrogens with one attached hydrogen (secondary N) is 1. The molecule has 0 unspecified atom stereocenters. The highest BCUT2D eigenvalue weighted by Gasteiger charge is 2.14. The SMILES string of the molecule is NC(=S)c1ccc(Cl)cc1NC(=O)c1ccc(F)cc1Br. The molecule has 2 aromatic carbocycles. The number of rotatable bonds is 3. The van der Waals surface area contributed by atoms with Gasteiger partial charge >= 0.3 is 0 Å². The Balaban J connectivity index is 2.35. The number of carbonyl (C=O) groups excluding carboxylic acids is 1. The largest absolute Gasteiger partial charge is 0.389 e. The van der Waals surface area contributed by atoms with Crippen LogP contribution in [0.25, 0.3) is 0 Å². The predicted octanol–water partition coefficient (Wildman–Crippen LogP) is 4.13. The standard InChI is InChI=1S/C14H9BrClFN2OS/c15-11-6-8(17)2-4-9(11)14(20)19-12-5-7(16)1-3-10(12)13(18)21/h1-6H,(H2,18,21)(H,19,20). The van der Waals surface area contributed by atoms with Crippen molar-refractivity contribution in [3.05, 3.63) is 62.8 Å². The number of halogens is 3. The Morgan fingerprint density at radius 2 is 1.90 bits per heavy atom. The number of carbonyl (C=O) groups is 1. The molecule has 0 saturated carbocycles. The Morgan fingerprint density at radius 3 is 2.52 bits per heavy atom. The van der Waals surface area contributed by atoms with Gasteiger partial charge in [-0.1, -0.05) is 23.8 Å². The van der Waals surface area contributed by atoms with E-state index in [1.54, 1.807) is 18.2 Å². The van der Waals surface area contributed by atoms with E-state index in [0.717, 1.165) is 0 Å². The summed E-state index contributed by atoms with van der Waals surface area (Å²) in [4.78, 5) is 12.4. The van der Waals surface area contributed by atoms with E-state index in [2.05, 4.69) is 21.2 Å². The van der Waals surface area contributed by atoms with Crippen LogP contribution in [0.5, 0.6) is 0 Å². The molecule has 0 fully saturated rings. The van der Waals surface area contributed by atoms with Crippen molar-refractivity contribution in [2.45, 2.75) is 0 Å². The number of hydrogen-bond acceptors (Lipinski definition) is 2. The van der Waals surface area contributed by atoms with Crippen molar-refractivity contribution in [1.82, 2.24) is 0 Å². The summed E-state index contributed by atoms with van der Waals surface area (Å²) in [6.45, 7) is 0. The molecule has 0 spiro atoms. The fourth-order valence-corrected chi connectivity index (χ4v) is 2.58. The van der Waals surface area contributed by atoms with E-state index in [9.17, 15) is 9.18 Å². The van der Waals surface area contributed by atoms with Crippen LogP contribution in [0.15, 0.2) is 40.9 Å². The summed E-state index contributed by atoms with van der Waals surface area (Å²) >= 11 is 14.0. The molecule has 3 nitrogen and oxygen atoms in total. The zero-order valence-electron chi connectivity index (χ0n) is 10.5. The summed E-state index contributed by atoms with van der Waals surface area (Å²) < 4.78 is 13.4. The quantitative estimate of drug-likeness (QED) is 0.779. The smallest absolute Gasteiger partial charge is 0.256 e. The summed E-state index contributed by atoms with van der Waals surface area (Å²) in [7, 11) is 0. The van der Waals surface area contributed by atoms with E-state index in [0.29, 0.717) is 20.7 Å². The molecule has 7 heteroatoms. The van der Waals surface area contributed by atoms with E-state index >= 15 is 0 Å². The Morgan fingerprint density at radius 1 is 1.24 bits per heavy atom. The van der Waals surface area contributed by atoms with Crippen LogP contribution >= 0.6 is 39.7 Å². The molecule has 1 amide bonds. The second-order valence-corrected chi connectivity index (χ2v) is 5.86. The van der Waals surface area contributed by atoms with Crippen LogP contribution in [-0.4, -0.2) is 10.9 Å². The molecule has 3 N–H and O–H groups in total. The predicted molar refractivity (Wildman–Crippen MR) is 89.4 cm³/mol. The highest BCUT2D eigenvalue weighted by atomic mass is 79.9. The third-order valence-electron chi connectivity index (χ3n) is 2.67. The minimum Gasteiger partial charge on any atom is -0.389 e. The summed E-state index contributed by atoms with van der Waals surface area (Å²) in [5, 5.41) is 3.10. The number of hydrogen-bond donors (Lipinski definition) is 2. The average molecular weight is 388 g/mol. The van der Waals surface area contributed by atoms with Gasteiger partial charge < -0.3 is 11.1 Å². The molecule has 0 aliphatic rings. The van der Waals surface area contributed by atoms with Crippen LogP contribution in [0.2, 0.25) is 5.02 Å². The topological polar surface area (TPSA) is 55.1 Å². The lowest BCUT2D eigenvalue weighted by atomic mass is 10.1. The van der Waals surface area contributed by atoms with Gasteiger partial charge in [0.25, 0.3) is 5.91 Å². The number of benzene rings is 2. The molecule has 0 radical (unpaired) electrons. The van der Waals surface area contributed by atoms with Crippen LogP contribution < -0.4 is 11.1 Å². The van der Waals surface area contributed by atoms with E-state index in [-0.39, 0.29) is 10.6 Å².